The maximum absolute atomic E-state index is 12.6. The van der Waals surface area contributed by atoms with Crippen molar-refractivity contribution in [2.24, 2.45) is 0 Å². The molecule has 2 aromatic rings. The summed E-state index contributed by atoms with van der Waals surface area (Å²) in [4.78, 5) is 14.5. The Bertz CT molecular complexity index is 614. The lowest BCUT2D eigenvalue weighted by Gasteiger charge is -2.34. The highest BCUT2D eigenvalue weighted by Gasteiger charge is 2.23. The summed E-state index contributed by atoms with van der Waals surface area (Å²) in [6.07, 6.45) is 0. The van der Waals surface area contributed by atoms with Crippen LogP contribution in [0, 0.1) is 0 Å². The minimum absolute atomic E-state index is 0. The van der Waals surface area contributed by atoms with Crippen molar-refractivity contribution in [3.63, 3.8) is 0 Å². The fraction of sp³-hybridized carbons (Fsp3) is 0.312. The van der Waals surface area contributed by atoms with Gasteiger partial charge in [0, 0.05) is 31.2 Å². The molecule has 1 aliphatic heterocycles. The highest BCUT2D eigenvalue weighted by atomic mass is 35.5. The van der Waals surface area contributed by atoms with Crippen LogP contribution in [0.5, 0.6) is 0 Å². The summed E-state index contributed by atoms with van der Waals surface area (Å²) in [5, 5.41) is 5.60. The molecular formula is C16H19ClN2O. The zero-order valence-electron chi connectivity index (χ0n) is 11.5. The van der Waals surface area contributed by atoms with Gasteiger partial charge in [-0.1, -0.05) is 30.3 Å². The van der Waals surface area contributed by atoms with Crippen LogP contribution < -0.4 is 5.32 Å². The lowest BCUT2D eigenvalue weighted by atomic mass is 10.1. The molecule has 1 heterocycles. The molecule has 1 amide bonds. The normalized spacial score (nSPS) is 18.6. The molecule has 0 aromatic heterocycles. The number of carbonyl (C=O) groups excluding carboxylic acids is 1. The first kappa shape index (κ1) is 14.8. The molecule has 0 saturated carbocycles. The molecule has 3 nitrogen and oxygen atoms in total. The summed E-state index contributed by atoms with van der Waals surface area (Å²) in [7, 11) is 0. The molecule has 0 radical (unpaired) electrons. The van der Waals surface area contributed by atoms with E-state index in [1.165, 1.54) is 5.39 Å². The SMILES string of the molecule is C[C@H]1CNCCN1C(=O)c1ccc2ccccc2c1.Cl. The van der Waals surface area contributed by atoms with Crippen LogP contribution in [-0.4, -0.2) is 36.5 Å². The van der Waals surface area contributed by atoms with E-state index in [2.05, 4.69) is 18.3 Å². The number of nitrogens with one attached hydrogen (secondary N) is 1. The molecule has 1 aliphatic rings. The molecule has 0 aliphatic carbocycles. The zero-order chi connectivity index (χ0) is 13.2. The molecule has 20 heavy (non-hydrogen) atoms. The number of amides is 1. The molecular weight excluding hydrogens is 272 g/mol. The maximum atomic E-state index is 12.6. The first-order valence-corrected chi connectivity index (χ1v) is 6.76. The largest absolute Gasteiger partial charge is 0.333 e. The second-order valence-electron chi connectivity index (χ2n) is 5.11. The summed E-state index contributed by atoms with van der Waals surface area (Å²) in [5.41, 5.74) is 0.785. The number of hydrogen-bond acceptors (Lipinski definition) is 2. The average Bonchev–Trinajstić information content (AvgIpc) is 2.46. The topological polar surface area (TPSA) is 32.3 Å². The van der Waals surface area contributed by atoms with Gasteiger partial charge in [0.25, 0.3) is 5.91 Å². The van der Waals surface area contributed by atoms with Crippen LogP contribution in [0.15, 0.2) is 42.5 Å². The molecule has 0 unspecified atom stereocenters. The van der Waals surface area contributed by atoms with Crippen LogP contribution in [0.4, 0.5) is 0 Å². The van der Waals surface area contributed by atoms with Gasteiger partial charge in [0.1, 0.15) is 0 Å². The molecule has 0 spiro atoms. The van der Waals surface area contributed by atoms with Crippen molar-refractivity contribution in [1.82, 2.24) is 10.2 Å². The van der Waals surface area contributed by atoms with Crippen molar-refractivity contribution in [2.75, 3.05) is 19.6 Å². The van der Waals surface area contributed by atoms with Crippen molar-refractivity contribution < 1.29 is 4.79 Å². The van der Waals surface area contributed by atoms with E-state index >= 15 is 0 Å². The minimum atomic E-state index is 0. The Morgan fingerprint density at radius 2 is 1.95 bits per heavy atom. The van der Waals surface area contributed by atoms with Gasteiger partial charge >= 0.3 is 0 Å². The Hall–Kier alpha value is -1.58. The Morgan fingerprint density at radius 3 is 2.70 bits per heavy atom. The third kappa shape index (κ3) is 2.79. The van der Waals surface area contributed by atoms with E-state index in [4.69, 9.17) is 0 Å². The van der Waals surface area contributed by atoms with Gasteiger partial charge in [0.15, 0.2) is 0 Å². The highest BCUT2D eigenvalue weighted by molar-refractivity contribution is 5.98. The number of nitrogens with zero attached hydrogens (tertiary/aromatic N) is 1. The smallest absolute Gasteiger partial charge is 0.254 e. The molecule has 1 saturated heterocycles. The van der Waals surface area contributed by atoms with Crippen LogP contribution in [0.1, 0.15) is 17.3 Å². The predicted molar refractivity (Wildman–Crippen MR) is 84.6 cm³/mol. The van der Waals surface area contributed by atoms with Crippen molar-refractivity contribution in [3.8, 4) is 0 Å². The second kappa shape index (κ2) is 6.25. The first-order chi connectivity index (χ1) is 9.25. The highest BCUT2D eigenvalue weighted by Crippen LogP contribution is 2.18. The molecule has 2 aromatic carbocycles. The molecule has 1 N–H and O–H groups in total. The molecule has 1 atom stereocenters. The number of benzene rings is 2. The molecule has 3 rings (SSSR count). The van der Waals surface area contributed by atoms with Crippen LogP contribution in [0.25, 0.3) is 10.8 Å². The van der Waals surface area contributed by atoms with Gasteiger partial charge in [0.2, 0.25) is 0 Å². The summed E-state index contributed by atoms with van der Waals surface area (Å²) < 4.78 is 0. The van der Waals surface area contributed by atoms with Gasteiger partial charge in [-0.2, -0.15) is 0 Å². The molecule has 4 heteroatoms. The quantitative estimate of drug-likeness (QED) is 0.876. The first-order valence-electron chi connectivity index (χ1n) is 6.76. The van der Waals surface area contributed by atoms with E-state index in [9.17, 15) is 4.79 Å². The van der Waals surface area contributed by atoms with Crippen LogP contribution in [0.2, 0.25) is 0 Å². The predicted octanol–water partition coefficient (Wildman–Crippen LogP) is 2.70. The molecule has 106 valence electrons. The summed E-state index contributed by atoms with van der Waals surface area (Å²) in [6.45, 7) is 4.63. The zero-order valence-corrected chi connectivity index (χ0v) is 12.3. The third-order valence-electron chi connectivity index (χ3n) is 3.76. The van der Waals surface area contributed by atoms with Gasteiger partial charge in [-0.25, -0.2) is 0 Å². The van der Waals surface area contributed by atoms with E-state index in [0.29, 0.717) is 0 Å². The number of halogens is 1. The number of carbonyl (C=O) groups is 1. The minimum Gasteiger partial charge on any atom is -0.333 e. The number of hydrogen-bond donors (Lipinski definition) is 1. The standard InChI is InChI=1S/C16H18N2O.ClH/c1-12-11-17-8-9-18(12)16(19)15-7-6-13-4-2-3-5-14(13)10-15;/h2-7,10,12,17H,8-9,11H2,1H3;1H/t12-;/m0./s1. The Balaban J connectivity index is 0.00000147. The summed E-state index contributed by atoms with van der Waals surface area (Å²) >= 11 is 0. The fourth-order valence-electron chi connectivity index (χ4n) is 2.63. The van der Waals surface area contributed by atoms with E-state index in [1.54, 1.807) is 0 Å². The van der Waals surface area contributed by atoms with Crippen LogP contribution in [-0.2, 0) is 0 Å². The second-order valence-corrected chi connectivity index (χ2v) is 5.11. The van der Waals surface area contributed by atoms with Crippen molar-refractivity contribution in [2.45, 2.75) is 13.0 Å². The van der Waals surface area contributed by atoms with Crippen molar-refractivity contribution >= 4 is 29.1 Å². The fourth-order valence-corrected chi connectivity index (χ4v) is 2.63. The summed E-state index contributed by atoms with van der Waals surface area (Å²) in [6, 6.07) is 14.3. The van der Waals surface area contributed by atoms with E-state index in [-0.39, 0.29) is 24.4 Å². The van der Waals surface area contributed by atoms with E-state index < -0.39 is 0 Å². The maximum Gasteiger partial charge on any atom is 0.254 e. The van der Waals surface area contributed by atoms with Gasteiger partial charge in [-0.3, -0.25) is 4.79 Å². The Kier molecular flexibility index (Phi) is 4.63. The molecule has 0 bridgehead atoms. The van der Waals surface area contributed by atoms with Gasteiger partial charge in [0.05, 0.1) is 0 Å². The van der Waals surface area contributed by atoms with Gasteiger partial charge in [-0.05, 0) is 29.8 Å². The number of rotatable bonds is 1. The van der Waals surface area contributed by atoms with Crippen molar-refractivity contribution in [1.29, 1.82) is 0 Å². The Morgan fingerprint density at radius 1 is 1.20 bits per heavy atom. The van der Waals surface area contributed by atoms with Crippen molar-refractivity contribution in [3.05, 3.63) is 48.0 Å². The van der Waals surface area contributed by atoms with E-state index in [1.807, 2.05) is 41.3 Å². The average molecular weight is 291 g/mol. The monoisotopic (exact) mass is 290 g/mol. The third-order valence-corrected chi connectivity index (χ3v) is 3.76. The number of fused-ring (bicyclic) bond motifs is 1. The van der Waals surface area contributed by atoms with Crippen LogP contribution >= 0.6 is 12.4 Å². The lowest BCUT2D eigenvalue weighted by molar-refractivity contribution is 0.0656. The Labute approximate surface area is 125 Å². The number of piperazine rings is 1. The van der Waals surface area contributed by atoms with E-state index in [0.717, 1.165) is 30.6 Å². The van der Waals surface area contributed by atoms with Gasteiger partial charge < -0.3 is 10.2 Å². The van der Waals surface area contributed by atoms with Gasteiger partial charge in [-0.15, -0.1) is 12.4 Å². The van der Waals surface area contributed by atoms with Crippen LogP contribution in [0.3, 0.4) is 0 Å². The lowest BCUT2D eigenvalue weighted by Crippen LogP contribution is -2.52. The molecule has 1 fully saturated rings. The summed E-state index contributed by atoms with van der Waals surface area (Å²) in [5.74, 6) is 0.139.